The second-order valence-electron chi connectivity index (χ2n) is 3.88. The molecule has 0 aliphatic heterocycles. The van der Waals surface area contributed by atoms with Gasteiger partial charge in [-0.05, 0) is 25.5 Å². The SMILES string of the molecule is COCC(CNCc1cc(C)sc1C)OC. The predicted octanol–water partition coefficient (Wildman–Crippen LogP) is 2.12. The quantitative estimate of drug-likeness (QED) is 0.795. The van der Waals surface area contributed by atoms with Crippen LogP contribution in [0.15, 0.2) is 6.07 Å². The van der Waals surface area contributed by atoms with Crippen LogP contribution >= 0.6 is 11.3 Å². The molecule has 0 saturated carbocycles. The van der Waals surface area contributed by atoms with E-state index < -0.39 is 0 Å². The van der Waals surface area contributed by atoms with E-state index in [2.05, 4.69) is 25.2 Å². The number of thiophene rings is 1. The summed E-state index contributed by atoms with van der Waals surface area (Å²) in [5.41, 5.74) is 1.38. The highest BCUT2D eigenvalue weighted by molar-refractivity contribution is 7.12. The van der Waals surface area contributed by atoms with Crippen LogP contribution in [0.2, 0.25) is 0 Å². The van der Waals surface area contributed by atoms with Crippen LogP contribution in [0.5, 0.6) is 0 Å². The molecule has 0 aliphatic carbocycles. The maximum absolute atomic E-state index is 5.28. The summed E-state index contributed by atoms with van der Waals surface area (Å²) in [5, 5.41) is 3.39. The topological polar surface area (TPSA) is 30.5 Å². The summed E-state index contributed by atoms with van der Waals surface area (Å²) in [4.78, 5) is 2.76. The summed E-state index contributed by atoms with van der Waals surface area (Å²) in [7, 11) is 3.41. The van der Waals surface area contributed by atoms with E-state index in [-0.39, 0.29) is 6.10 Å². The Labute approximate surface area is 102 Å². The molecule has 0 fully saturated rings. The first-order chi connectivity index (χ1) is 7.67. The first-order valence-corrected chi connectivity index (χ1v) is 6.27. The summed E-state index contributed by atoms with van der Waals surface area (Å²) >= 11 is 1.85. The van der Waals surface area contributed by atoms with Crippen molar-refractivity contribution < 1.29 is 9.47 Å². The molecule has 0 amide bonds. The van der Waals surface area contributed by atoms with Gasteiger partial charge in [0.1, 0.15) is 0 Å². The number of methoxy groups -OCH3 is 2. The fraction of sp³-hybridized carbons (Fsp3) is 0.667. The van der Waals surface area contributed by atoms with Crippen molar-refractivity contribution >= 4 is 11.3 Å². The number of rotatable bonds is 7. The van der Waals surface area contributed by atoms with Gasteiger partial charge in [0.05, 0.1) is 12.7 Å². The van der Waals surface area contributed by atoms with E-state index in [1.807, 2.05) is 11.3 Å². The summed E-state index contributed by atoms with van der Waals surface area (Å²) in [6.45, 7) is 6.66. The highest BCUT2D eigenvalue weighted by Gasteiger charge is 2.07. The Morgan fingerprint density at radius 1 is 1.38 bits per heavy atom. The molecule has 4 heteroatoms. The van der Waals surface area contributed by atoms with E-state index >= 15 is 0 Å². The van der Waals surface area contributed by atoms with E-state index in [0.29, 0.717) is 6.61 Å². The number of aryl methyl sites for hydroxylation is 2. The van der Waals surface area contributed by atoms with E-state index in [9.17, 15) is 0 Å². The van der Waals surface area contributed by atoms with Crippen LogP contribution in [0.1, 0.15) is 15.3 Å². The molecule has 0 saturated heterocycles. The van der Waals surface area contributed by atoms with Crippen molar-refractivity contribution in [1.82, 2.24) is 5.32 Å². The predicted molar refractivity (Wildman–Crippen MR) is 68.2 cm³/mol. The summed E-state index contributed by atoms with van der Waals surface area (Å²) in [6, 6.07) is 2.24. The molecule has 1 N–H and O–H groups in total. The molecular formula is C12H21NO2S. The number of hydrogen-bond donors (Lipinski definition) is 1. The van der Waals surface area contributed by atoms with Crippen LogP contribution in [-0.2, 0) is 16.0 Å². The van der Waals surface area contributed by atoms with Crippen molar-refractivity contribution in [2.24, 2.45) is 0 Å². The van der Waals surface area contributed by atoms with Crippen LogP contribution in [0.25, 0.3) is 0 Å². The van der Waals surface area contributed by atoms with Crippen LogP contribution in [-0.4, -0.2) is 33.5 Å². The molecule has 1 heterocycles. The maximum atomic E-state index is 5.28. The van der Waals surface area contributed by atoms with E-state index in [1.165, 1.54) is 15.3 Å². The summed E-state index contributed by atoms with van der Waals surface area (Å²) < 4.78 is 10.3. The molecule has 16 heavy (non-hydrogen) atoms. The smallest absolute Gasteiger partial charge is 0.0928 e. The van der Waals surface area contributed by atoms with Gasteiger partial charge in [-0.1, -0.05) is 0 Å². The van der Waals surface area contributed by atoms with Crippen LogP contribution in [0.4, 0.5) is 0 Å². The average Bonchev–Trinajstić information content (AvgIpc) is 2.56. The zero-order valence-electron chi connectivity index (χ0n) is 10.5. The Hall–Kier alpha value is -0.420. The van der Waals surface area contributed by atoms with Gasteiger partial charge in [0.15, 0.2) is 0 Å². The first-order valence-electron chi connectivity index (χ1n) is 5.45. The molecule has 0 bridgehead atoms. The van der Waals surface area contributed by atoms with Crippen LogP contribution < -0.4 is 5.32 Å². The lowest BCUT2D eigenvalue weighted by atomic mass is 10.2. The van der Waals surface area contributed by atoms with Gasteiger partial charge in [0.25, 0.3) is 0 Å². The van der Waals surface area contributed by atoms with Crippen molar-refractivity contribution in [3.63, 3.8) is 0 Å². The molecule has 1 aromatic rings. The molecule has 0 aliphatic rings. The molecule has 1 rings (SSSR count). The van der Waals surface area contributed by atoms with Gasteiger partial charge >= 0.3 is 0 Å². The molecule has 0 radical (unpaired) electrons. The molecule has 0 spiro atoms. The van der Waals surface area contributed by atoms with Gasteiger partial charge in [-0.25, -0.2) is 0 Å². The second kappa shape index (κ2) is 7.01. The largest absolute Gasteiger partial charge is 0.382 e. The van der Waals surface area contributed by atoms with Gasteiger partial charge in [-0.3, -0.25) is 0 Å². The van der Waals surface area contributed by atoms with Crippen molar-refractivity contribution in [1.29, 1.82) is 0 Å². The molecular weight excluding hydrogens is 222 g/mol. The lowest BCUT2D eigenvalue weighted by Gasteiger charge is -2.14. The fourth-order valence-corrected chi connectivity index (χ4v) is 2.57. The normalized spacial score (nSPS) is 13.0. The Kier molecular flexibility index (Phi) is 5.98. The van der Waals surface area contributed by atoms with Gasteiger partial charge in [-0.15, -0.1) is 11.3 Å². The molecule has 3 nitrogen and oxygen atoms in total. The third-order valence-corrected chi connectivity index (χ3v) is 3.53. The third-order valence-electron chi connectivity index (χ3n) is 2.52. The molecule has 1 atom stereocenters. The van der Waals surface area contributed by atoms with Gasteiger partial charge < -0.3 is 14.8 Å². The Balaban J connectivity index is 2.32. The standard InChI is InChI=1S/C12H21NO2S/c1-9-5-11(10(2)16-9)6-13-7-12(15-4)8-14-3/h5,12-13H,6-8H2,1-4H3. The van der Waals surface area contributed by atoms with Gasteiger partial charge in [0, 0.05) is 37.1 Å². The minimum atomic E-state index is 0.130. The highest BCUT2D eigenvalue weighted by atomic mass is 32.1. The first kappa shape index (κ1) is 13.6. The van der Waals surface area contributed by atoms with Crippen LogP contribution in [0, 0.1) is 13.8 Å². The second-order valence-corrected chi connectivity index (χ2v) is 5.34. The summed E-state index contributed by atoms with van der Waals surface area (Å²) in [6.07, 6.45) is 0.130. The average molecular weight is 243 g/mol. The van der Waals surface area contributed by atoms with E-state index in [1.54, 1.807) is 14.2 Å². The minimum Gasteiger partial charge on any atom is -0.382 e. The van der Waals surface area contributed by atoms with E-state index in [4.69, 9.17) is 9.47 Å². The maximum Gasteiger partial charge on any atom is 0.0928 e. The van der Waals surface area contributed by atoms with Gasteiger partial charge in [0.2, 0.25) is 0 Å². The minimum absolute atomic E-state index is 0.130. The fourth-order valence-electron chi connectivity index (χ4n) is 1.62. The van der Waals surface area contributed by atoms with Crippen LogP contribution in [0.3, 0.4) is 0 Å². The van der Waals surface area contributed by atoms with Gasteiger partial charge in [-0.2, -0.15) is 0 Å². The highest BCUT2D eigenvalue weighted by Crippen LogP contribution is 2.20. The van der Waals surface area contributed by atoms with Crippen molar-refractivity contribution in [2.45, 2.75) is 26.5 Å². The number of hydrogen-bond acceptors (Lipinski definition) is 4. The molecule has 92 valence electrons. The summed E-state index contributed by atoms with van der Waals surface area (Å²) in [5.74, 6) is 0. The number of nitrogens with one attached hydrogen (secondary N) is 1. The zero-order chi connectivity index (χ0) is 12.0. The van der Waals surface area contributed by atoms with Crippen molar-refractivity contribution in [3.8, 4) is 0 Å². The zero-order valence-corrected chi connectivity index (χ0v) is 11.3. The van der Waals surface area contributed by atoms with E-state index in [0.717, 1.165) is 13.1 Å². The molecule has 0 aromatic carbocycles. The molecule has 1 aromatic heterocycles. The Morgan fingerprint density at radius 2 is 2.12 bits per heavy atom. The Morgan fingerprint density at radius 3 is 2.62 bits per heavy atom. The lowest BCUT2D eigenvalue weighted by molar-refractivity contribution is 0.0288. The monoisotopic (exact) mass is 243 g/mol. The number of ether oxygens (including phenoxy) is 2. The van der Waals surface area contributed by atoms with Crippen molar-refractivity contribution in [2.75, 3.05) is 27.4 Å². The third kappa shape index (κ3) is 4.22. The lowest BCUT2D eigenvalue weighted by Crippen LogP contribution is -2.31. The Bertz CT molecular complexity index is 312. The van der Waals surface area contributed by atoms with Crippen molar-refractivity contribution in [3.05, 3.63) is 21.4 Å². The molecule has 1 unspecified atom stereocenters.